The van der Waals surface area contributed by atoms with Crippen molar-refractivity contribution in [3.63, 3.8) is 0 Å². The van der Waals surface area contributed by atoms with Crippen molar-refractivity contribution in [3.8, 4) is 0 Å². The van der Waals surface area contributed by atoms with Crippen LogP contribution in [0.3, 0.4) is 0 Å². The van der Waals surface area contributed by atoms with E-state index in [0.717, 1.165) is 25.9 Å². The van der Waals surface area contributed by atoms with E-state index in [0.29, 0.717) is 38.4 Å². The smallest absolute Gasteiger partial charge is 0.289 e. The average molecular weight is 367 g/mol. The molecule has 1 saturated heterocycles. The molecule has 0 saturated carbocycles. The number of furan rings is 1. The molecule has 2 aliphatic heterocycles. The van der Waals surface area contributed by atoms with Gasteiger partial charge in [0.1, 0.15) is 0 Å². The van der Waals surface area contributed by atoms with E-state index in [9.17, 15) is 9.59 Å². The number of piperazine rings is 1. The summed E-state index contributed by atoms with van der Waals surface area (Å²) in [6.07, 6.45) is 4.28. The van der Waals surface area contributed by atoms with E-state index in [2.05, 4.69) is 29.2 Å². The van der Waals surface area contributed by atoms with E-state index < -0.39 is 0 Å². The van der Waals surface area contributed by atoms with Crippen LogP contribution < -0.4 is 4.90 Å². The summed E-state index contributed by atoms with van der Waals surface area (Å²) in [6.45, 7) is 4.04. The van der Waals surface area contributed by atoms with E-state index in [-0.39, 0.29) is 11.8 Å². The van der Waals surface area contributed by atoms with Gasteiger partial charge < -0.3 is 19.1 Å². The van der Waals surface area contributed by atoms with Crippen LogP contribution in [0.2, 0.25) is 0 Å². The Morgan fingerprint density at radius 1 is 0.926 bits per heavy atom. The first kappa shape index (κ1) is 17.6. The molecule has 0 unspecified atom stereocenters. The van der Waals surface area contributed by atoms with Crippen LogP contribution in [0.1, 0.15) is 29.0 Å². The van der Waals surface area contributed by atoms with Crippen molar-refractivity contribution in [2.75, 3.05) is 44.2 Å². The van der Waals surface area contributed by atoms with Crippen molar-refractivity contribution in [1.29, 1.82) is 0 Å². The third kappa shape index (κ3) is 3.84. The summed E-state index contributed by atoms with van der Waals surface area (Å²) in [5.41, 5.74) is 2.65. The van der Waals surface area contributed by atoms with Gasteiger partial charge in [0.05, 0.1) is 6.26 Å². The molecule has 1 aromatic carbocycles. The summed E-state index contributed by atoms with van der Waals surface area (Å²) in [5.74, 6) is 0.429. The van der Waals surface area contributed by atoms with Crippen molar-refractivity contribution in [2.45, 2.75) is 19.3 Å². The minimum atomic E-state index is -0.1000. The number of para-hydroxylation sites is 1. The summed E-state index contributed by atoms with van der Waals surface area (Å²) < 4.78 is 5.18. The average Bonchev–Trinajstić information content (AvgIpc) is 3.26. The van der Waals surface area contributed by atoms with E-state index in [1.165, 1.54) is 17.5 Å². The van der Waals surface area contributed by atoms with Crippen LogP contribution in [0, 0.1) is 0 Å². The van der Waals surface area contributed by atoms with Crippen LogP contribution in [0.15, 0.2) is 47.1 Å². The summed E-state index contributed by atoms with van der Waals surface area (Å²) in [5, 5.41) is 0. The first-order valence-corrected chi connectivity index (χ1v) is 9.66. The van der Waals surface area contributed by atoms with Crippen LogP contribution in [-0.2, 0) is 11.2 Å². The maximum absolute atomic E-state index is 12.6. The van der Waals surface area contributed by atoms with Crippen LogP contribution in [0.5, 0.6) is 0 Å². The van der Waals surface area contributed by atoms with Crippen molar-refractivity contribution in [1.82, 2.24) is 9.80 Å². The predicted octanol–water partition coefficient (Wildman–Crippen LogP) is 2.41. The lowest BCUT2D eigenvalue weighted by Gasteiger charge is -2.35. The number of aryl methyl sites for hydroxylation is 1. The van der Waals surface area contributed by atoms with Gasteiger partial charge in [-0.15, -0.1) is 0 Å². The van der Waals surface area contributed by atoms with Gasteiger partial charge in [0.25, 0.3) is 5.91 Å². The number of hydrogen-bond acceptors (Lipinski definition) is 4. The number of carbonyl (C=O) groups excluding carboxylic acids is 2. The number of anilines is 1. The number of amides is 2. The van der Waals surface area contributed by atoms with Crippen LogP contribution >= 0.6 is 0 Å². The van der Waals surface area contributed by atoms with E-state index >= 15 is 0 Å². The highest BCUT2D eigenvalue weighted by atomic mass is 16.3. The minimum absolute atomic E-state index is 0.1000. The monoisotopic (exact) mass is 367 g/mol. The molecule has 27 heavy (non-hydrogen) atoms. The Hall–Kier alpha value is -2.76. The van der Waals surface area contributed by atoms with Gasteiger partial charge in [-0.1, -0.05) is 18.2 Å². The van der Waals surface area contributed by atoms with Crippen molar-refractivity contribution in [2.24, 2.45) is 0 Å². The summed E-state index contributed by atoms with van der Waals surface area (Å²) in [4.78, 5) is 30.9. The third-order valence-electron chi connectivity index (χ3n) is 5.45. The van der Waals surface area contributed by atoms with Crippen molar-refractivity contribution < 1.29 is 14.0 Å². The maximum atomic E-state index is 12.6. The molecule has 0 bridgehead atoms. The zero-order valence-corrected chi connectivity index (χ0v) is 15.5. The number of hydrogen-bond donors (Lipinski definition) is 0. The summed E-state index contributed by atoms with van der Waals surface area (Å²) >= 11 is 0. The first-order valence-electron chi connectivity index (χ1n) is 9.66. The number of carbonyl (C=O) groups is 2. The molecule has 1 aromatic heterocycles. The largest absolute Gasteiger partial charge is 0.459 e. The Morgan fingerprint density at radius 3 is 2.48 bits per heavy atom. The molecule has 6 nitrogen and oxygen atoms in total. The highest BCUT2D eigenvalue weighted by molar-refractivity contribution is 5.91. The van der Waals surface area contributed by atoms with Gasteiger partial charge in [-0.3, -0.25) is 9.59 Å². The molecule has 6 heteroatoms. The van der Waals surface area contributed by atoms with Gasteiger partial charge in [0, 0.05) is 51.4 Å². The Morgan fingerprint density at radius 2 is 1.70 bits per heavy atom. The van der Waals surface area contributed by atoms with Crippen LogP contribution in [-0.4, -0.2) is 60.9 Å². The topological polar surface area (TPSA) is 57.0 Å². The standard InChI is InChI=1S/C21H25N3O3/c25-20(9-11-22-10-3-6-17-5-1-2-7-18(17)22)23-12-14-24(15-13-23)21(26)19-8-4-16-27-19/h1-2,4-5,7-8,16H,3,6,9-15H2. The number of rotatable bonds is 4. The predicted molar refractivity (Wildman–Crippen MR) is 103 cm³/mol. The molecule has 2 aromatic rings. The molecule has 142 valence electrons. The Bertz CT molecular complexity index is 795. The molecular formula is C21H25N3O3. The maximum Gasteiger partial charge on any atom is 0.289 e. The molecule has 1 fully saturated rings. The lowest BCUT2D eigenvalue weighted by atomic mass is 10.0. The summed E-state index contributed by atoms with van der Waals surface area (Å²) in [7, 11) is 0. The lowest BCUT2D eigenvalue weighted by Crippen LogP contribution is -2.51. The molecule has 2 aliphatic rings. The molecule has 0 radical (unpaired) electrons. The quantitative estimate of drug-likeness (QED) is 0.833. The zero-order chi connectivity index (χ0) is 18.6. The Kier molecular flexibility index (Phi) is 5.14. The fourth-order valence-corrected chi connectivity index (χ4v) is 3.95. The number of nitrogens with zero attached hydrogens (tertiary/aromatic N) is 3. The molecule has 3 heterocycles. The lowest BCUT2D eigenvalue weighted by molar-refractivity contribution is -0.132. The SMILES string of the molecule is O=C(CCN1CCCc2ccccc21)N1CCN(C(=O)c2ccco2)CC1. The van der Waals surface area contributed by atoms with Gasteiger partial charge in [-0.05, 0) is 36.6 Å². The minimum Gasteiger partial charge on any atom is -0.459 e. The Balaban J connectivity index is 1.27. The highest BCUT2D eigenvalue weighted by Gasteiger charge is 2.26. The third-order valence-corrected chi connectivity index (χ3v) is 5.45. The molecule has 4 rings (SSSR count). The van der Waals surface area contributed by atoms with E-state index in [1.807, 2.05) is 4.90 Å². The second-order valence-corrected chi connectivity index (χ2v) is 7.12. The number of fused-ring (bicyclic) bond motifs is 1. The van der Waals surface area contributed by atoms with Crippen LogP contribution in [0.4, 0.5) is 5.69 Å². The molecule has 2 amide bonds. The van der Waals surface area contributed by atoms with Gasteiger partial charge >= 0.3 is 0 Å². The van der Waals surface area contributed by atoms with Crippen molar-refractivity contribution in [3.05, 3.63) is 54.0 Å². The fourth-order valence-electron chi connectivity index (χ4n) is 3.95. The molecule has 0 aliphatic carbocycles. The first-order chi connectivity index (χ1) is 13.2. The fraction of sp³-hybridized carbons (Fsp3) is 0.429. The highest BCUT2D eigenvalue weighted by Crippen LogP contribution is 2.26. The Labute approximate surface area is 159 Å². The number of benzene rings is 1. The second-order valence-electron chi connectivity index (χ2n) is 7.12. The zero-order valence-electron chi connectivity index (χ0n) is 15.5. The molecular weight excluding hydrogens is 342 g/mol. The van der Waals surface area contributed by atoms with E-state index in [1.54, 1.807) is 17.0 Å². The normalized spacial score (nSPS) is 17.0. The molecule has 0 atom stereocenters. The van der Waals surface area contributed by atoms with Gasteiger partial charge in [0.15, 0.2) is 5.76 Å². The second kappa shape index (κ2) is 7.86. The summed E-state index contributed by atoms with van der Waals surface area (Å²) in [6, 6.07) is 11.9. The van der Waals surface area contributed by atoms with E-state index in [4.69, 9.17) is 4.42 Å². The molecule has 0 N–H and O–H groups in total. The van der Waals surface area contributed by atoms with Gasteiger partial charge in [-0.25, -0.2) is 0 Å². The van der Waals surface area contributed by atoms with Crippen molar-refractivity contribution >= 4 is 17.5 Å². The van der Waals surface area contributed by atoms with Gasteiger partial charge in [-0.2, -0.15) is 0 Å². The van der Waals surface area contributed by atoms with Crippen LogP contribution in [0.25, 0.3) is 0 Å². The molecule has 0 spiro atoms. The van der Waals surface area contributed by atoms with Gasteiger partial charge in [0.2, 0.25) is 5.91 Å².